The molecule has 1 unspecified atom stereocenters. The predicted molar refractivity (Wildman–Crippen MR) is 72.5 cm³/mol. The van der Waals surface area contributed by atoms with Gasteiger partial charge >= 0.3 is 6.18 Å². The van der Waals surface area contributed by atoms with Crippen molar-refractivity contribution in [3.05, 3.63) is 29.3 Å². The minimum absolute atomic E-state index is 0.236. The van der Waals surface area contributed by atoms with Crippen LogP contribution in [0.15, 0.2) is 18.2 Å². The summed E-state index contributed by atoms with van der Waals surface area (Å²) in [7, 11) is 0. The number of alkyl halides is 3. The third-order valence-corrected chi connectivity index (χ3v) is 4.05. The molecule has 0 aromatic heterocycles. The van der Waals surface area contributed by atoms with Crippen LogP contribution in [0.2, 0.25) is 0 Å². The van der Waals surface area contributed by atoms with Gasteiger partial charge < -0.3 is 5.73 Å². The Hall–Kier alpha value is -1.27. The minimum atomic E-state index is -4.37. The number of hydrogen-bond acceptors (Lipinski definition) is 3. The summed E-state index contributed by atoms with van der Waals surface area (Å²) in [5.74, 6) is 5.81. The van der Waals surface area contributed by atoms with Crippen molar-refractivity contribution in [2.75, 3.05) is 5.73 Å². The maximum absolute atomic E-state index is 12.8. The number of rotatable bonds is 3. The molecular formula is C14H20F3N3. The monoisotopic (exact) mass is 287 g/mol. The summed E-state index contributed by atoms with van der Waals surface area (Å²) >= 11 is 0. The molecule has 1 saturated carbocycles. The van der Waals surface area contributed by atoms with Gasteiger partial charge in [0.15, 0.2) is 0 Å². The van der Waals surface area contributed by atoms with Crippen LogP contribution in [0, 0.1) is 5.92 Å². The normalized spacial score (nSPS) is 19.0. The molecule has 1 aromatic carbocycles. The fourth-order valence-corrected chi connectivity index (χ4v) is 2.97. The highest BCUT2D eigenvalue weighted by Gasteiger charge is 2.33. The van der Waals surface area contributed by atoms with Gasteiger partial charge in [0, 0.05) is 5.69 Å². The molecule has 5 N–H and O–H groups in total. The van der Waals surface area contributed by atoms with Crippen molar-refractivity contribution in [1.29, 1.82) is 0 Å². The van der Waals surface area contributed by atoms with Crippen LogP contribution in [0.4, 0.5) is 18.9 Å². The Morgan fingerprint density at radius 1 is 1.15 bits per heavy atom. The van der Waals surface area contributed by atoms with Crippen molar-refractivity contribution in [3.63, 3.8) is 0 Å². The first-order valence-corrected chi connectivity index (χ1v) is 6.86. The van der Waals surface area contributed by atoms with Crippen LogP contribution in [0.5, 0.6) is 0 Å². The van der Waals surface area contributed by atoms with Gasteiger partial charge in [-0.05, 0) is 42.5 Å². The zero-order chi connectivity index (χ0) is 14.8. The van der Waals surface area contributed by atoms with E-state index in [1.807, 2.05) is 0 Å². The molecule has 1 aliphatic carbocycles. The molecule has 1 fully saturated rings. The third kappa shape index (κ3) is 3.24. The Bertz CT molecular complexity index is 453. The summed E-state index contributed by atoms with van der Waals surface area (Å²) in [4.78, 5) is 0. The highest BCUT2D eigenvalue weighted by atomic mass is 19.4. The predicted octanol–water partition coefficient (Wildman–Crippen LogP) is 3.37. The van der Waals surface area contributed by atoms with Gasteiger partial charge in [0.05, 0.1) is 11.6 Å². The van der Waals surface area contributed by atoms with E-state index in [4.69, 9.17) is 11.6 Å². The molecule has 0 spiro atoms. The number of halogens is 3. The molecular weight excluding hydrogens is 267 g/mol. The van der Waals surface area contributed by atoms with Crippen LogP contribution in [0.25, 0.3) is 0 Å². The lowest BCUT2D eigenvalue weighted by Gasteiger charge is -2.31. The van der Waals surface area contributed by atoms with Crippen molar-refractivity contribution in [1.82, 2.24) is 5.43 Å². The van der Waals surface area contributed by atoms with Gasteiger partial charge in [0.25, 0.3) is 0 Å². The Morgan fingerprint density at radius 2 is 1.80 bits per heavy atom. The zero-order valence-corrected chi connectivity index (χ0v) is 11.2. The lowest BCUT2D eigenvalue weighted by atomic mass is 9.80. The van der Waals surface area contributed by atoms with Crippen LogP contribution in [0.1, 0.15) is 49.3 Å². The van der Waals surface area contributed by atoms with E-state index in [1.54, 1.807) is 0 Å². The molecule has 1 atom stereocenters. The molecule has 0 aliphatic heterocycles. The second-order valence-electron chi connectivity index (χ2n) is 5.38. The quantitative estimate of drug-likeness (QED) is 0.454. The van der Waals surface area contributed by atoms with E-state index in [9.17, 15) is 13.2 Å². The average Bonchev–Trinajstić information content (AvgIpc) is 2.41. The summed E-state index contributed by atoms with van der Waals surface area (Å²) in [6.07, 6.45) is 0.901. The topological polar surface area (TPSA) is 64.1 Å². The van der Waals surface area contributed by atoms with Crippen molar-refractivity contribution >= 4 is 5.69 Å². The van der Waals surface area contributed by atoms with Gasteiger partial charge in [-0.15, -0.1) is 0 Å². The number of nitrogen functional groups attached to an aromatic ring is 1. The van der Waals surface area contributed by atoms with E-state index in [0.717, 1.165) is 37.8 Å². The van der Waals surface area contributed by atoms with Gasteiger partial charge in [-0.2, -0.15) is 13.2 Å². The van der Waals surface area contributed by atoms with Crippen molar-refractivity contribution in [2.45, 2.75) is 44.3 Å². The van der Waals surface area contributed by atoms with Gasteiger partial charge in [0.2, 0.25) is 0 Å². The molecule has 6 heteroatoms. The fraction of sp³-hybridized carbons (Fsp3) is 0.571. The molecule has 0 heterocycles. The summed E-state index contributed by atoms with van der Waals surface area (Å²) in [6, 6.07) is 3.12. The molecule has 112 valence electrons. The van der Waals surface area contributed by atoms with E-state index < -0.39 is 11.7 Å². The van der Waals surface area contributed by atoms with Crippen LogP contribution >= 0.6 is 0 Å². The van der Waals surface area contributed by atoms with E-state index in [2.05, 4.69) is 5.43 Å². The van der Waals surface area contributed by atoms with E-state index in [0.29, 0.717) is 11.3 Å². The van der Waals surface area contributed by atoms with Gasteiger partial charge in [-0.25, -0.2) is 0 Å². The lowest BCUT2D eigenvalue weighted by molar-refractivity contribution is -0.137. The largest absolute Gasteiger partial charge is 0.416 e. The number of nitrogens with two attached hydrogens (primary N) is 2. The molecule has 1 aromatic rings. The van der Waals surface area contributed by atoms with E-state index in [-0.39, 0.29) is 12.0 Å². The first kappa shape index (κ1) is 15.1. The van der Waals surface area contributed by atoms with E-state index >= 15 is 0 Å². The molecule has 2 rings (SSSR count). The molecule has 1 aliphatic rings. The molecule has 3 nitrogen and oxygen atoms in total. The van der Waals surface area contributed by atoms with Crippen molar-refractivity contribution in [2.24, 2.45) is 11.8 Å². The number of hydrazine groups is 1. The number of hydrogen-bond donors (Lipinski definition) is 3. The maximum Gasteiger partial charge on any atom is 0.416 e. The van der Waals surface area contributed by atoms with Gasteiger partial charge in [-0.1, -0.05) is 19.3 Å². The highest BCUT2D eigenvalue weighted by molar-refractivity contribution is 5.51. The van der Waals surface area contributed by atoms with Crippen molar-refractivity contribution < 1.29 is 13.2 Å². The highest BCUT2D eigenvalue weighted by Crippen LogP contribution is 2.38. The molecule has 0 saturated heterocycles. The third-order valence-electron chi connectivity index (χ3n) is 4.05. The van der Waals surface area contributed by atoms with Crippen LogP contribution in [-0.4, -0.2) is 0 Å². The summed E-state index contributed by atoms with van der Waals surface area (Å²) in [5.41, 5.74) is 8.64. The smallest absolute Gasteiger partial charge is 0.398 e. The summed E-state index contributed by atoms with van der Waals surface area (Å²) in [6.45, 7) is 0. The first-order valence-electron chi connectivity index (χ1n) is 6.86. The van der Waals surface area contributed by atoms with Crippen LogP contribution < -0.4 is 17.0 Å². The second kappa shape index (κ2) is 6.01. The van der Waals surface area contributed by atoms with Gasteiger partial charge in [0.1, 0.15) is 0 Å². The first-order chi connectivity index (χ1) is 9.43. The Balaban J connectivity index is 2.32. The molecule has 0 amide bonds. The number of benzene rings is 1. The Morgan fingerprint density at radius 3 is 2.35 bits per heavy atom. The zero-order valence-electron chi connectivity index (χ0n) is 11.2. The fourth-order valence-electron chi connectivity index (χ4n) is 2.97. The van der Waals surface area contributed by atoms with Crippen LogP contribution in [-0.2, 0) is 6.18 Å². The number of nitrogens with one attached hydrogen (secondary N) is 1. The SMILES string of the molecule is NNC(c1cc(C(F)(F)F)ccc1N)C1CCCCC1. The standard InChI is InChI=1S/C14H20F3N3/c15-14(16,17)10-6-7-12(18)11(8-10)13(20-19)9-4-2-1-3-5-9/h6-9,13,20H,1-5,18-19H2. The molecule has 0 radical (unpaired) electrons. The maximum atomic E-state index is 12.8. The second-order valence-corrected chi connectivity index (χ2v) is 5.38. The lowest BCUT2D eigenvalue weighted by Crippen LogP contribution is -2.35. The molecule has 0 bridgehead atoms. The Kier molecular flexibility index (Phi) is 4.55. The van der Waals surface area contributed by atoms with Gasteiger partial charge in [-0.3, -0.25) is 11.3 Å². The number of anilines is 1. The van der Waals surface area contributed by atoms with Crippen molar-refractivity contribution in [3.8, 4) is 0 Å². The summed E-state index contributed by atoms with van der Waals surface area (Å²) < 4.78 is 38.5. The minimum Gasteiger partial charge on any atom is -0.398 e. The van der Waals surface area contributed by atoms with E-state index in [1.165, 1.54) is 12.5 Å². The molecule has 20 heavy (non-hydrogen) atoms. The van der Waals surface area contributed by atoms with Crippen LogP contribution in [0.3, 0.4) is 0 Å². The Labute approximate surface area is 116 Å². The average molecular weight is 287 g/mol. The summed E-state index contributed by atoms with van der Waals surface area (Å²) in [5, 5.41) is 0.